The maximum Gasteiger partial charge on any atom is 0.342 e. The minimum atomic E-state index is -1.25. The van der Waals surface area contributed by atoms with Crippen LogP contribution in [0, 0.1) is 17.3 Å². The van der Waals surface area contributed by atoms with Crippen LogP contribution in [0.3, 0.4) is 0 Å². The third-order valence-electron chi connectivity index (χ3n) is 5.37. The maximum absolute atomic E-state index is 12.3. The Morgan fingerprint density at radius 2 is 1.75 bits per heavy atom. The number of fused-ring (bicyclic) bond motifs is 1. The van der Waals surface area contributed by atoms with Crippen LogP contribution in [0.1, 0.15) is 46.5 Å². The van der Waals surface area contributed by atoms with Gasteiger partial charge in [-0.15, -0.1) is 0 Å². The van der Waals surface area contributed by atoms with Gasteiger partial charge in [0.2, 0.25) is 0 Å². The average Bonchev–Trinajstić information content (AvgIpc) is 2.93. The molecule has 0 N–H and O–H groups in total. The molecule has 0 amide bonds. The molecule has 24 heavy (non-hydrogen) atoms. The highest BCUT2D eigenvalue weighted by Crippen LogP contribution is 2.47. The maximum atomic E-state index is 12.3. The number of cyclic esters (lactones) is 4. The summed E-state index contributed by atoms with van der Waals surface area (Å²) >= 11 is 0. The predicted octanol–water partition coefficient (Wildman–Crippen LogP) is 2.23. The highest BCUT2D eigenvalue weighted by atomic mass is 16.6. The Morgan fingerprint density at radius 3 is 2.38 bits per heavy atom. The number of hydrogen-bond acceptors (Lipinski definition) is 6. The zero-order valence-corrected chi connectivity index (χ0v) is 14.0. The number of allylic oxidation sites excluding steroid dienone is 1. The average molecular weight is 332 g/mol. The third-order valence-corrected chi connectivity index (χ3v) is 5.37. The van der Waals surface area contributed by atoms with Crippen molar-refractivity contribution >= 4 is 23.9 Å². The van der Waals surface area contributed by atoms with Crippen LogP contribution in [0.2, 0.25) is 0 Å². The van der Waals surface area contributed by atoms with Crippen LogP contribution in [-0.2, 0) is 28.7 Å². The zero-order valence-electron chi connectivity index (χ0n) is 14.0. The largest absolute Gasteiger partial charge is 0.389 e. The molecule has 0 radical (unpaired) electrons. The van der Waals surface area contributed by atoms with Gasteiger partial charge in [-0.25, -0.2) is 14.4 Å². The molecule has 0 aromatic heterocycles. The van der Waals surface area contributed by atoms with E-state index < -0.39 is 29.3 Å². The molecular weight excluding hydrogens is 312 g/mol. The predicted molar refractivity (Wildman–Crippen MR) is 82.2 cm³/mol. The first-order valence-electron chi connectivity index (χ1n) is 8.30. The topological polar surface area (TPSA) is 86.7 Å². The molecular formula is C18H20O6. The summed E-state index contributed by atoms with van der Waals surface area (Å²) in [5, 5.41) is 0. The van der Waals surface area contributed by atoms with Gasteiger partial charge in [0.1, 0.15) is 5.41 Å². The van der Waals surface area contributed by atoms with E-state index in [1.54, 1.807) is 13.0 Å². The van der Waals surface area contributed by atoms with Crippen LogP contribution in [0.4, 0.5) is 0 Å². The van der Waals surface area contributed by atoms with Crippen molar-refractivity contribution in [1.82, 2.24) is 0 Å². The van der Waals surface area contributed by atoms with Crippen molar-refractivity contribution in [2.45, 2.75) is 46.5 Å². The van der Waals surface area contributed by atoms with E-state index in [-0.39, 0.29) is 29.4 Å². The fourth-order valence-electron chi connectivity index (χ4n) is 3.82. The van der Waals surface area contributed by atoms with Crippen molar-refractivity contribution < 1.29 is 28.7 Å². The SMILES string of the molecule is CCC1C=C2C(=O)OC(=O)C2(C)CC2=C(C(=O)OC2=O)C(CC)C1. The van der Waals surface area contributed by atoms with E-state index in [1.165, 1.54) is 0 Å². The molecule has 3 aliphatic rings. The number of hydrogen-bond donors (Lipinski definition) is 0. The van der Waals surface area contributed by atoms with Gasteiger partial charge in [0.05, 0.1) is 11.1 Å². The van der Waals surface area contributed by atoms with E-state index in [4.69, 9.17) is 9.47 Å². The summed E-state index contributed by atoms with van der Waals surface area (Å²) in [4.78, 5) is 48.8. The van der Waals surface area contributed by atoms with Crippen LogP contribution in [0.25, 0.3) is 0 Å². The molecule has 0 aromatic carbocycles. The molecule has 0 bridgehead atoms. The summed E-state index contributed by atoms with van der Waals surface area (Å²) < 4.78 is 9.62. The van der Waals surface area contributed by atoms with Gasteiger partial charge in [0.25, 0.3) is 0 Å². The normalized spacial score (nSPS) is 33.2. The van der Waals surface area contributed by atoms with Gasteiger partial charge in [0.15, 0.2) is 0 Å². The number of rotatable bonds is 2. The van der Waals surface area contributed by atoms with Crippen molar-refractivity contribution in [2.24, 2.45) is 17.3 Å². The van der Waals surface area contributed by atoms with Crippen molar-refractivity contribution in [3.8, 4) is 0 Å². The van der Waals surface area contributed by atoms with Gasteiger partial charge in [-0.05, 0) is 38.0 Å². The van der Waals surface area contributed by atoms with Crippen LogP contribution in [-0.4, -0.2) is 23.9 Å². The van der Waals surface area contributed by atoms with Crippen LogP contribution >= 0.6 is 0 Å². The van der Waals surface area contributed by atoms with Crippen molar-refractivity contribution in [3.05, 3.63) is 22.8 Å². The first kappa shape index (κ1) is 16.6. The fraction of sp³-hybridized carbons (Fsp3) is 0.556. The second-order valence-corrected chi connectivity index (χ2v) is 6.84. The number of esters is 4. The molecule has 6 heteroatoms. The highest BCUT2D eigenvalue weighted by Gasteiger charge is 2.54. The first-order chi connectivity index (χ1) is 11.3. The second kappa shape index (κ2) is 5.69. The van der Waals surface area contributed by atoms with Crippen molar-refractivity contribution in [3.63, 3.8) is 0 Å². The van der Waals surface area contributed by atoms with Crippen LogP contribution < -0.4 is 0 Å². The molecule has 2 aliphatic heterocycles. The number of carbonyl (C=O) groups is 4. The molecule has 0 aromatic rings. The minimum absolute atomic E-state index is 0.0121. The van der Waals surface area contributed by atoms with Crippen molar-refractivity contribution in [2.75, 3.05) is 0 Å². The number of ether oxygens (including phenoxy) is 2. The van der Waals surface area contributed by atoms with E-state index in [0.29, 0.717) is 18.4 Å². The van der Waals surface area contributed by atoms with E-state index >= 15 is 0 Å². The lowest BCUT2D eigenvalue weighted by atomic mass is 9.77. The van der Waals surface area contributed by atoms with E-state index in [2.05, 4.69) is 0 Å². The third kappa shape index (κ3) is 2.32. The number of carbonyl (C=O) groups excluding carboxylic acids is 4. The lowest BCUT2D eigenvalue weighted by Gasteiger charge is -2.20. The van der Waals surface area contributed by atoms with Gasteiger partial charge in [0, 0.05) is 12.0 Å². The molecule has 128 valence electrons. The van der Waals surface area contributed by atoms with E-state index in [9.17, 15) is 19.2 Å². The molecule has 2 heterocycles. The Morgan fingerprint density at radius 1 is 1.04 bits per heavy atom. The molecule has 3 rings (SSSR count). The Kier molecular flexibility index (Phi) is 3.94. The molecule has 1 fully saturated rings. The molecule has 1 saturated heterocycles. The Labute approximate surface area is 139 Å². The minimum Gasteiger partial charge on any atom is -0.389 e. The van der Waals surface area contributed by atoms with Gasteiger partial charge in [-0.1, -0.05) is 19.9 Å². The summed E-state index contributed by atoms with van der Waals surface area (Å²) in [6.07, 6.45) is 3.80. The van der Waals surface area contributed by atoms with Gasteiger partial charge < -0.3 is 9.47 Å². The Balaban J connectivity index is 2.20. The molecule has 3 atom stereocenters. The smallest absolute Gasteiger partial charge is 0.342 e. The summed E-state index contributed by atoms with van der Waals surface area (Å²) in [5.74, 6) is -2.79. The first-order valence-corrected chi connectivity index (χ1v) is 8.30. The van der Waals surface area contributed by atoms with Crippen LogP contribution in [0.15, 0.2) is 22.8 Å². The quantitative estimate of drug-likeness (QED) is 0.569. The Hall–Kier alpha value is -2.24. The van der Waals surface area contributed by atoms with Gasteiger partial charge in [-0.3, -0.25) is 4.79 Å². The molecule has 6 nitrogen and oxygen atoms in total. The standard InChI is InChI=1S/C18H20O6/c1-4-9-6-10(5-2)13-11(14(19)23-16(13)21)8-18(3)12(7-9)15(20)24-17(18)22/h7,9-10H,4-6,8H2,1-3H3. The van der Waals surface area contributed by atoms with Crippen molar-refractivity contribution in [1.29, 1.82) is 0 Å². The highest BCUT2D eigenvalue weighted by molar-refractivity contribution is 6.15. The summed E-state index contributed by atoms with van der Waals surface area (Å²) in [6.45, 7) is 5.52. The zero-order chi connectivity index (χ0) is 17.6. The Bertz CT molecular complexity index is 713. The molecule has 3 unspecified atom stereocenters. The lowest BCUT2D eigenvalue weighted by molar-refractivity contribution is -0.154. The fourth-order valence-corrected chi connectivity index (χ4v) is 3.82. The summed E-state index contributed by atoms with van der Waals surface area (Å²) in [5.41, 5.74) is -0.389. The molecule has 0 saturated carbocycles. The van der Waals surface area contributed by atoms with E-state index in [0.717, 1.165) is 6.42 Å². The molecule has 1 aliphatic carbocycles. The summed E-state index contributed by atoms with van der Waals surface area (Å²) in [7, 11) is 0. The summed E-state index contributed by atoms with van der Waals surface area (Å²) in [6, 6.07) is 0. The van der Waals surface area contributed by atoms with E-state index in [1.807, 2.05) is 13.8 Å². The van der Waals surface area contributed by atoms with Gasteiger partial charge in [-0.2, -0.15) is 0 Å². The second-order valence-electron chi connectivity index (χ2n) is 6.84. The van der Waals surface area contributed by atoms with Gasteiger partial charge >= 0.3 is 23.9 Å². The van der Waals surface area contributed by atoms with Crippen LogP contribution in [0.5, 0.6) is 0 Å². The molecule has 0 spiro atoms. The monoisotopic (exact) mass is 332 g/mol. The lowest BCUT2D eigenvalue weighted by Crippen LogP contribution is -2.26.